The maximum Gasteiger partial charge on any atom is 0.156 e. The van der Waals surface area contributed by atoms with E-state index >= 15 is 0 Å². The molecule has 2 heteroatoms. The van der Waals surface area contributed by atoms with Gasteiger partial charge in [0.2, 0.25) is 0 Å². The lowest BCUT2D eigenvalue weighted by Crippen LogP contribution is -1.98. The number of hydrogen-bond donors (Lipinski definition) is 1. The van der Waals surface area contributed by atoms with Crippen LogP contribution >= 0.6 is 0 Å². The van der Waals surface area contributed by atoms with Crippen molar-refractivity contribution in [2.24, 2.45) is 0 Å². The van der Waals surface area contributed by atoms with Gasteiger partial charge in [0, 0.05) is 0 Å². The first-order chi connectivity index (χ1) is 2.27. The monoisotopic (exact) mass is 71.0 g/mol. The fraction of sp³-hybridized carbons (Fsp3) is 0.333. The van der Waals surface area contributed by atoms with Crippen LogP contribution in [0.15, 0.2) is 12.7 Å². The highest BCUT2D eigenvalue weighted by Crippen LogP contribution is 1.65. The highest BCUT2D eigenvalue weighted by atomic mass is 16.3. The minimum atomic E-state index is -1.35. The van der Waals surface area contributed by atoms with Gasteiger partial charge in [-0.05, 0) is 6.08 Å². The Kier molecular flexibility index (Phi) is 1.80. The molecule has 0 amide bonds. The van der Waals surface area contributed by atoms with Crippen LogP contribution in [0.1, 0.15) is 0 Å². The van der Waals surface area contributed by atoms with E-state index in [1.165, 1.54) is 0 Å². The van der Waals surface area contributed by atoms with E-state index in [0.717, 1.165) is 6.08 Å². The van der Waals surface area contributed by atoms with Gasteiger partial charge in [-0.1, -0.05) is 6.58 Å². The van der Waals surface area contributed by atoms with Gasteiger partial charge in [-0.2, -0.15) is 0 Å². The molecule has 0 aliphatic rings. The van der Waals surface area contributed by atoms with Crippen LogP contribution in [0.25, 0.3) is 0 Å². The van der Waals surface area contributed by atoms with Crippen LogP contribution in [0.2, 0.25) is 0 Å². The fourth-order valence-corrected chi connectivity index (χ4v) is 0. The van der Waals surface area contributed by atoms with Gasteiger partial charge in [-0.3, -0.25) is 0 Å². The van der Waals surface area contributed by atoms with Gasteiger partial charge in [0.1, 0.15) is 0 Å². The Bertz CT molecular complexity index is 33.9. The van der Waals surface area contributed by atoms with Gasteiger partial charge in [-0.25, -0.2) is 0 Å². The molecule has 1 unspecified atom stereocenters. The standard InChI is InChI=1S/C3H5NO/c1-2-3(4)5/h2-3,5H,1H2. The molecule has 0 spiro atoms. The quantitative estimate of drug-likeness (QED) is 0.418. The summed E-state index contributed by atoms with van der Waals surface area (Å²) < 4.78 is 0. The fourth-order valence-electron chi connectivity index (χ4n) is 0. The summed E-state index contributed by atoms with van der Waals surface area (Å²) >= 11 is 0. The molecule has 0 rings (SSSR count). The van der Waals surface area contributed by atoms with E-state index in [1.807, 2.05) is 0 Å². The summed E-state index contributed by atoms with van der Waals surface area (Å²) in [7, 11) is 0. The summed E-state index contributed by atoms with van der Waals surface area (Å²) in [5.74, 6) is 0. The molecular formula is C3H5NO. The molecule has 28 valence electrons. The molecule has 1 N–H and O–H groups in total. The minimum Gasteiger partial charge on any atom is -0.372 e. The average Bonchev–Trinajstić information content (AvgIpc) is 1.38. The third-order valence-corrected chi connectivity index (χ3v) is 0.211. The zero-order valence-electron chi connectivity index (χ0n) is 2.76. The van der Waals surface area contributed by atoms with E-state index in [-0.39, 0.29) is 0 Å². The van der Waals surface area contributed by atoms with Crippen molar-refractivity contribution >= 4 is 0 Å². The molecule has 0 heterocycles. The molecule has 0 aromatic heterocycles. The second kappa shape index (κ2) is 1.93. The molecule has 0 fully saturated rings. The van der Waals surface area contributed by atoms with Crippen molar-refractivity contribution < 1.29 is 5.11 Å². The van der Waals surface area contributed by atoms with Gasteiger partial charge < -0.3 is 5.11 Å². The normalized spacial score (nSPS) is 14.0. The molecule has 0 aliphatic heterocycles. The first kappa shape index (κ1) is 4.66. The molecule has 0 aromatic carbocycles. The van der Waals surface area contributed by atoms with Gasteiger partial charge in [0.05, 0.1) is 0 Å². The van der Waals surface area contributed by atoms with E-state index in [9.17, 15) is 0 Å². The van der Waals surface area contributed by atoms with Crippen molar-refractivity contribution in [2.45, 2.75) is 6.23 Å². The van der Waals surface area contributed by atoms with Gasteiger partial charge >= 0.3 is 0 Å². The van der Waals surface area contributed by atoms with E-state index < -0.39 is 6.23 Å². The predicted molar refractivity (Wildman–Crippen MR) is 18.3 cm³/mol. The molecule has 0 saturated heterocycles. The molecule has 2 radical (unpaired) electrons. The molecular weight excluding hydrogens is 66.0 g/mol. The summed E-state index contributed by atoms with van der Waals surface area (Å²) in [6.07, 6.45) is -0.324. The van der Waals surface area contributed by atoms with Crippen molar-refractivity contribution in [3.63, 3.8) is 0 Å². The Morgan fingerprint density at radius 2 is 2.20 bits per heavy atom. The largest absolute Gasteiger partial charge is 0.372 e. The molecule has 0 aliphatic carbocycles. The van der Waals surface area contributed by atoms with Gasteiger partial charge in [0.15, 0.2) is 6.23 Å². The smallest absolute Gasteiger partial charge is 0.156 e. The van der Waals surface area contributed by atoms with Crippen LogP contribution in [0.3, 0.4) is 0 Å². The minimum absolute atomic E-state index is 1.03. The number of aliphatic hydroxyl groups excluding tert-OH is 1. The van der Waals surface area contributed by atoms with Crippen LogP contribution < -0.4 is 5.73 Å². The highest BCUT2D eigenvalue weighted by molar-refractivity contribution is 4.70. The van der Waals surface area contributed by atoms with E-state index in [1.54, 1.807) is 0 Å². The Hall–Kier alpha value is -0.340. The third-order valence-electron chi connectivity index (χ3n) is 0.211. The van der Waals surface area contributed by atoms with Crippen LogP contribution in [0.5, 0.6) is 0 Å². The Morgan fingerprint density at radius 1 is 2.00 bits per heavy atom. The summed E-state index contributed by atoms with van der Waals surface area (Å²) in [5.41, 5.74) is 7.80. The Morgan fingerprint density at radius 3 is 2.20 bits per heavy atom. The summed E-state index contributed by atoms with van der Waals surface area (Å²) in [5, 5.41) is 7.80. The lowest BCUT2D eigenvalue weighted by molar-refractivity contribution is 0.224. The Balaban J connectivity index is 2.83. The van der Waals surface area contributed by atoms with E-state index in [0.29, 0.717) is 0 Å². The zero-order chi connectivity index (χ0) is 4.28. The van der Waals surface area contributed by atoms with Crippen molar-refractivity contribution in [3.05, 3.63) is 12.7 Å². The Labute approximate surface area is 30.9 Å². The van der Waals surface area contributed by atoms with Gasteiger partial charge in [0.25, 0.3) is 0 Å². The maximum absolute atomic E-state index is 7.80. The molecule has 1 atom stereocenters. The second-order valence-electron chi connectivity index (χ2n) is 0.649. The van der Waals surface area contributed by atoms with E-state index in [4.69, 9.17) is 10.8 Å². The number of nitrogens with zero attached hydrogens (tertiary/aromatic N) is 1. The number of rotatable bonds is 1. The average molecular weight is 71.1 g/mol. The van der Waals surface area contributed by atoms with Crippen LogP contribution in [0, 0.1) is 0 Å². The third kappa shape index (κ3) is 3.66. The first-order valence-corrected chi connectivity index (χ1v) is 1.26. The molecule has 2 nitrogen and oxygen atoms in total. The van der Waals surface area contributed by atoms with Crippen molar-refractivity contribution in [2.75, 3.05) is 0 Å². The van der Waals surface area contributed by atoms with Crippen LogP contribution in [-0.4, -0.2) is 11.3 Å². The molecule has 0 saturated carbocycles. The van der Waals surface area contributed by atoms with Crippen molar-refractivity contribution in [3.8, 4) is 0 Å². The topological polar surface area (TPSA) is 42.5 Å². The number of hydrogen-bond acceptors (Lipinski definition) is 1. The zero-order valence-corrected chi connectivity index (χ0v) is 2.76. The summed E-state index contributed by atoms with van der Waals surface area (Å²) in [6.45, 7) is 3.06. The summed E-state index contributed by atoms with van der Waals surface area (Å²) in [6, 6.07) is 0. The SMILES string of the molecule is C=CC([N])O. The predicted octanol–water partition coefficient (Wildman–Crippen LogP) is -0.441. The molecule has 5 heavy (non-hydrogen) atoms. The maximum atomic E-state index is 7.80. The summed E-state index contributed by atoms with van der Waals surface area (Å²) in [4.78, 5) is 0. The molecule has 0 bridgehead atoms. The molecule has 0 aromatic rings. The van der Waals surface area contributed by atoms with Gasteiger partial charge in [-0.15, -0.1) is 5.73 Å². The highest BCUT2D eigenvalue weighted by Gasteiger charge is 1.79. The number of aliphatic hydroxyl groups is 1. The lowest BCUT2D eigenvalue weighted by atomic mass is 10.6. The van der Waals surface area contributed by atoms with Crippen molar-refractivity contribution in [1.29, 1.82) is 0 Å². The van der Waals surface area contributed by atoms with Crippen LogP contribution in [-0.2, 0) is 0 Å². The lowest BCUT2D eigenvalue weighted by Gasteiger charge is -1.81. The van der Waals surface area contributed by atoms with Crippen LogP contribution in [0.4, 0.5) is 0 Å². The van der Waals surface area contributed by atoms with E-state index in [2.05, 4.69) is 6.58 Å². The first-order valence-electron chi connectivity index (χ1n) is 1.26. The van der Waals surface area contributed by atoms with Crippen molar-refractivity contribution in [1.82, 2.24) is 5.73 Å². The second-order valence-corrected chi connectivity index (χ2v) is 0.649.